The highest BCUT2D eigenvalue weighted by Gasteiger charge is 2.13. The first-order chi connectivity index (χ1) is 8.56. The van der Waals surface area contributed by atoms with E-state index in [4.69, 9.17) is 10.3 Å². The van der Waals surface area contributed by atoms with E-state index >= 15 is 0 Å². The Kier molecular flexibility index (Phi) is 3.27. The average molecular weight is 246 g/mol. The molecule has 0 radical (unpaired) electrons. The summed E-state index contributed by atoms with van der Waals surface area (Å²) in [6.45, 7) is 3.59. The molecule has 2 aromatic rings. The maximum Gasteiger partial charge on any atom is 0.229 e. The van der Waals surface area contributed by atoms with Gasteiger partial charge in [-0.15, -0.1) is 0 Å². The molecular formula is C12H14N4O2. The molecule has 6 heteroatoms. The fourth-order valence-electron chi connectivity index (χ4n) is 1.60. The van der Waals surface area contributed by atoms with E-state index in [-0.39, 0.29) is 12.3 Å². The van der Waals surface area contributed by atoms with E-state index in [0.717, 1.165) is 11.3 Å². The number of aromatic nitrogens is 2. The predicted molar refractivity (Wildman–Crippen MR) is 67.0 cm³/mol. The van der Waals surface area contributed by atoms with Crippen LogP contribution in [-0.4, -0.2) is 16.0 Å². The largest absolute Gasteiger partial charge is 0.384 e. The third kappa shape index (κ3) is 2.65. The van der Waals surface area contributed by atoms with Crippen LogP contribution >= 0.6 is 0 Å². The van der Waals surface area contributed by atoms with E-state index < -0.39 is 0 Å². The Labute approximate surface area is 104 Å². The Morgan fingerprint density at radius 1 is 1.44 bits per heavy atom. The van der Waals surface area contributed by atoms with Gasteiger partial charge in [-0.05, 0) is 26.0 Å². The Morgan fingerprint density at radius 3 is 2.78 bits per heavy atom. The number of pyridine rings is 1. The Bertz CT molecular complexity index is 540. The van der Waals surface area contributed by atoms with E-state index in [9.17, 15) is 4.79 Å². The Balaban J connectivity index is 2.03. The number of nitrogens with zero attached hydrogens (tertiary/aromatic N) is 2. The minimum atomic E-state index is -0.143. The number of carbonyl (C=O) groups is 1. The van der Waals surface area contributed by atoms with Crippen molar-refractivity contribution in [3.8, 4) is 0 Å². The van der Waals surface area contributed by atoms with Crippen LogP contribution in [0, 0.1) is 13.8 Å². The summed E-state index contributed by atoms with van der Waals surface area (Å²) in [5.74, 6) is 0.938. The van der Waals surface area contributed by atoms with E-state index in [0.29, 0.717) is 17.3 Å². The molecule has 6 nitrogen and oxygen atoms in total. The Morgan fingerprint density at radius 2 is 2.22 bits per heavy atom. The number of nitrogens with one attached hydrogen (secondary N) is 1. The lowest BCUT2D eigenvalue weighted by atomic mass is 10.1. The highest BCUT2D eigenvalue weighted by atomic mass is 16.5. The van der Waals surface area contributed by atoms with Crippen molar-refractivity contribution in [1.82, 2.24) is 10.1 Å². The van der Waals surface area contributed by atoms with Gasteiger partial charge >= 0.3 is 0 Å². The molecular weight excluding hydrogens is 232 g/mol. The molecule has 94 valence electrons. The molecule has 0 aliphatic heterocycles. The number of anilines is 2. The van der Waals surface area contributed by atoms with Crippen molar-refractivity contribution in [1.29, 1.82) is 0 Å². The fourth-order valence-corrected chi connectivity index (χ4v) is 1.60. The monoisotopic (exact) mass is 246 g/mol. The fraction of sp³-hybridized carbons (Fsp3) is 0.250. The lowest BCUT2D eigenvalue weighted by Gasteiger charge is -2.04. The minimum Gasteiger partial charge on any atom is -0.384 e. The molecule has 0 saturated heterocycles. The maximum absolute atomic E-state index is 11.8. The molecule has 0 saturated carbocycles. The zero-order chi connectivity index (χ0) is 13.1. The van der Waals surface area contributed by atoms with Gasteiger partial charge in [0.1, 0.15) is 11.6 Å². The summed E-state index contributed by atoms with van der Waals surface area (Å²) in [6.07, 6.45) is 1.74. The van der Waals surface area contributed by atoms with E-state index in [1.807, 2.05) is 6.92 Å². The van der Waals surface area contributed by atoms with Gasteiger partial charge in [0.15, 0.2) is 0 Å². The standard InChI is InChI=1S/C12H14N4O2/c1-7-10(8(2)18-16-7)5-12(17)15-9-3-4-11(13)14-6-9/h3-4,6H,5H2,1-2H3,(H2,13,14)(H,15,17). The Hall–Kier alpha value is -2.37. The second-order valence-corrected chi connectivity index (χ2v) is 4.00. The highest BCUT2D eigenvalue weighted by molar-refractivity contribution is 5.92. The van der Waals surface area contributed by atoms with Crippen LogP contribution in [0.4, 0.5) is 11.5 Å². The van der Waals surface area contributed by atoms with Crippen LogP contribution in [0.2, 0.25) is 0 Å². The summed E-state index contributed by atoms with van der Waals surface area (Å²) in [5, 5.41) is 6.54. The van der Waals surface area contributed by atoms with Crippen LogP contribution in [-0.2, 0) is 11.2 Å². The second kappa shape index (κ2) is 4.87. The molecule has 1 amide bonds. The quantitative estimate of drug-likeness (QED) is 0.854. The van der Waals surface area contributed by atoms with Crippen molar-refractivity contribution in [2.75, 3.05) is 11.1 Å². The lowest BCUT2D eigenvalue weighted by molar-refractivity contribution is -0.115. The molecule has 18 heavy (non-hydrogen) atoms. The normalized spacial score (nSPS) is 10.3. The first-order valence-electron chi connectivity index (χ1n) is 5.49. The number of hydrogen-bond acceptors (Lipinski definition) is 5. The van der Waals surface area contributed by atoms with Crippen LogP contribution in [0.3, 0.4) is 0 Å². The molecule has 2 rings (SSSR count). The summed E-state index contributed by atoms with van der Waals surface area (Å²) in [5.41, 5.74) is 7.62. The zero-order valence-electron chi connectivity index (χ0n) is 10.2. The van der Waals surface area contributed by atoms with Crippen molar-refractivity contribution >= 4 is 17.4 Å². The van der Waals surface area contributed by atoms with Crippen LogP contribution in [0.1, 0.15) is 17.0 Å². The molecule has 0 aromatic carbocycles. The van der Waals surface area contributed by atoms with Gasteiger partial charge in [0.25, 0.3) is 0 Å². The van der Waals surface area contributed by atoms with Gasteiger partial charge in [0.05, 0.1) is 24.0 Å². The molecule has 3 N–H and O–H groups in total. The van der Waals surface area contributed by atoms with E-state index in [1.54, 1.807) is 19.1 Å². The third-order valence-corrected chi connectivity index (χ3v) is 2.59. The minimum absolute atomic E-state index is 0.143. The van der Waals surface area contributed by atoms with Crippen molar-refractivity contribution in [2.24, 2.45) is 0 Å². The summed E-state index contributed by atoms with van der Waals surface area (Å²) < 4.78 is 5.00. The van der Waals surface area contributed by atoms with Crippen molar-refractivity contribution in [3.63, 3.8) is 0 Å². The molecule has 0 unspecified atom stereocenters. The summed E-state index contributed by atoms with van der Waals surface area (Å²) >= 11 is 0. The molecule has 2 heterocycles. The molecule has 0 atom stereocenters. The van der Waals surface area contributed by atoms with Gasteiger partial charge in [-0.1, -0.05) is 5.16 Å². The molecule has 0 fully saturated rings. The van der Waals surface area contributed by atoms with Crippen LogP contribution in [0.15, 0.2) is 22.9 Å². The summed E-state index contributed by atoms with van der Waals surface area (Å²) in [6, 6.07) is 3.33. The van der Waals surface area contributed by atoms with Crippen molar-refractivity contribution in [2.45, 2.75) is 20.3 Å². The molecule has 0 aliphatic rings. The SMILES string of the molecule is Cc1noc(C)c1CC(=O)Nc1ccc(N)nc1. The van der Waals surface area contributed by atoms with Crippen LogP contribution in [0.5, 0.6) is 0 Å². The number of nitrogens with two attached hydrogens (primary N) is 1. The van der Waals surface area contributed by atoms with Gasteiger partial charge in [-0.3, -0.25) is 4.79 Å². The first-order valence-corrected chi connectivity index (χ1v) is 5.49. The smallest absolute Gasteiger partial charge is 0.229 e. The number of aryl methyl sites for hydroxylation is 2. The number of nitrogen functional groups attached to an aromatic ring is 1. The van der Waals surface area contributed by atoms with Crippen LogP contribution in [0.25, 0.3) is 0 Å². The topological polar surface area (TPSA) is 94.0 Å². The van der Waals surface area contributed by atoms with E-state index in [1.165, 1.54) is 6.20 Å². The number of rotatable bonds is 3. The van der Waals surface area contributed by atoms with E-state index in [2.05, 4.69) is 15.5 Å². The predicted octanol–water partition coefficient (Wildman–Crippen LogP) is 1.45. The highest BCUT2D eigenvalue weighted by Crippen LogP contribution is 2.14. The van der Waals surface area contributed by atoms with Gasteiger partial charge in [0, 0.05) is 5.56 Å². The van der Waals surface area contributed by atoms with Gasteiger partial charge in [0.2, 0.25) is 5.91 Å². The zero-order valence-corrected chi connectivity index (χ0v) is 10.2. The maximum atomic E-state index is 11.8. The summed E-state index contributed by atoms with van der Waals surface area (Å²) in [4.78, 5) is 15.7. The number of hydrogen-bond donors (Lipinski definition) is 2. The number of carbonyl (C=O) groups excluding carboxylic acids is 1. The van der Waals surface area contributed by atoms with Crippen molar-refractivity contribution in [3.05, 3.63) is 35.3 Å². The number of amides is 1. The van der Waals surface area contributed by atoms with Crippen LogP contribution < -0.4 is 11.1 Å². The summed E-state index contributed by atoms with van der Waals surface area (Å²) in [7, 11) is 0. The molecule has 0 aliphatic carbocycles. The van der Waals surface area contributed by atoms with Crippen molar-refractivity contribution < 1.29 is 9.32 Å². The first kappa shape index (κ1) is 12.1. The van der Waals surface area contributed by atoms with Gasteiger partial charge < -0.3 is 15.6 Å². The molecule has 0 bridgehead atoms. The average Bonchev–Trinajstić information content (AvgIpc) is 2.64. The lowest BCUT2D eigenvalue weighted by Crippen LogP contribution is -2.15. The third-order valence-electron chi connectivity index (χ3n) is 2.59. The molecule has 2 aromatic heterocycles. The second-order valence-electron chi connectivity index (χ2n) is 4.00. The molecule has 0 spiro atoms. The van der Waals surface area contributed by atoms with Gasteiger partial charge in [-0.2, -0.15) is 0 Å². The van der Waals surface area contributed by atoms with Gasteiger partial charge in [-0.25, -0.2) is 4.98 Å².